The Balaban J connectivity index is 1.84. The second-order valence-electron chi connectivity index (χ2n) is 5.71. The molecule has 1 heterocycles. The predicted octanol–water partition coefficient (Wildman–Crippen LogP) is 3.85. The van der Waals surface area contributed by atoms with Crippen molar-refractivity contribution in [3.63, 3.8) is 0 Å². The summed E-state index contributed by atoms with van der Waals surface area (Å²) in [5.74, 6) is -0.691. The average Bonchev–Trinajstić information content (AvgIpc) is 2.67. The number of amides is 1. The second kappa shape index (κ2) is 8.31. The van der Waals surface area contributed by atoms with Crippen LogP contribution >= 0.6 is 11.6 Å². The van der Waals surface area contributed by atoms with Crippen molar-refractivity contribution in [2.24, 2.45) is 0 Å². The molecule has 0 fully saturated rings. The van der Waals surface area contributed by atoms with Crippen molar-refractivity contribution in [1.29, 1.82) is 0 Å². The lowest BCUT2D eigenvalue weighted by molar-refractivity contribution is -0.383. The lowest BCUT2D eigenvalue weighted by atomic mass is 10.2. The molecule has 2 aromatic carbocycles. The summed E-state index contributed by atoms with van der Waals surface area (Å²) >= 11 is 5.86. The highest BCUT2D eigenvalue weighted by Crippen LogP contribution is 2.31. The number of hydrogen-bond acceptors (Lipinski definition) is 7. The van der Waals surface area contributed by atoms with Crippen LogP contribution in [-0.2, 0) is 0 Å². The summed E-state index contributed by atoms with van der Waals surface area (Å²) in [4.78, 5) is 31.0. The number of halogens is 1. The number of aryl methyl sites for hydroxylation is 1. The van der Waals surface area contributed by atoms with Crippen LogP contribution in [0.3, 0.4) is 0 Å². The molecule has 142 valence electrons. The molecule has 0 aliphatic rings. The predicted molar refractivity (Wildman–Crippen MR) is 106 cm³/mol. The number of carbonyl (C=O) groups excluding carboxylic acids is 1. The van der Waals surface area contributed by atoms with Gasteiger partial charge < -0.3 is 5.32 Å². The molecule has 0 saturated carbocycles. The highest BCUT2D eigenvalue weighted by atomic mass is 35.5. The number of para-hydroxylation sites is 1. The largest absolute Gasteiger partial charge is 0.355 e. The molecule has 0 spiro atoms. The van der Waals surface area contributed by atoms with Gasteiger partial charge in [-0.05, 0) is 36.8 Å². The molecule has 1 aromatic heterocycles. The third-order valence-corrected chi connectivity index (χ3v) is 4.02. The van der Waals surface area contributed by atoms with E-state index in [4.69, 9.17) is 11.6 Å². The zero-order valence-corrected chi connectivity index (χ0v) is 15.4. The van der Waals surface area contributed by atoms with Crippen molar-refractivity contribution in [3.05, 3.63) is 81.1 Å². The Labute approximate surface area is 164 Å². The van der Waals surface area contributed by atoms with Gasteiger partial charge in [-0.2, -0.15) is 0 Å². The number of hydrazine groups is 1. The zero-order valence-electron chi connectivity index (χ0n) is 14.6. The molecular formula is C18H15ClN6O3. The lowest BCUT2D eigenvalue weighted by Crippen LogP contribution is -2.30. The third-order valence-electron chi connectivity index (χ3n) is 3.78. The van der Waals surface area contributed by atoms with Gasteiger partial charge in [-0.25, -0.2) is 9.97 Å². The number of carbonyl (C=O) groups is 1. The lowest BCUT2D eigenvalue weighted by Gasteiger charge is -2.12. The van der Waals surface area contributed by atoms with Crippen LogP contribution in [-0.4, -0.2) is 20.8 Å². The number of benzene rings is 2. The SMILES string of the molecule is Cc1ccccc1Nc1ncnc(NNC(=O)c2cccc(Cl)c2)c1[N+](=O)[O-]. The standard InChI is InChI=1S/C18H15ClN6O3/c1-11-5-2-3-8-14(11)22-16-15(25(27)28)17(21-10-20-16)23-24-18(26)12-6-4-7-13(19)9-12/h2-10H,1H3,(H,24,26)(H2,20,21,22,23). The molecule has 1 amide bonds. The van der Waals surface area contributed by atoms with Gasteiger partial charge in [-0.15, -0.1) is 0 Å². The summed E-state index contributed by atoms with van der Waals surface area (Å²) in [6, 6.07) is 13.6. The minimum atomic E-state index is -0.630. The number of aromatic nitrogens is 2. The van der Waals surface area contributed by atoms with Gasteiger partial charge in [0.2, 0.25) is 11.6 Å². The Bertz CT molecular complexity index is 1040. The van der Waals surface area contributed by atoms with E-state index in [0.29, 0.717) is 10.7 Å². The quantitative estimate of drug-likeness (QED) is 0.425. The van der Waals surface area contributed by atoms with E-state index in [1.807, 2.05) is 19.1 Å². The Kier molecular flexibility index (Phi) is 5.66. The van der Waals surface area contributed by atoms with E-state index in [2.05, 4.69) is 26.1 Å². The summed E-state index contributed by atoms with van der Waals surface area (Å²) in [7, 11) is 0. The first-order valence-electron chi connectivity index (χ1n) is 8.09. The maximum atomic E-state index is 12.2. The topological polar surface area (TPSA) is 122 Å². The van der Waals surface area contributed by atoms with Gasteiger partial charge in [0.25, 0.3) is 5.91 Å². The first kappa shape index (κ1) is 19.1. The first-order chi connectivity index (χ1) is 13.5. The molecule has 28 heavy (non-hydrogen) atoms. The minimum absolute atomic E-state index is 0.00574. The van der Waals surface area contributed by atoms with Crippen LogP contribution in [0.2, 0.25) is 5.02 Å². The zero-order chi connectivity index (χ0) is 20.1. The van der Waals surface area contributed by atoms with Crippen LogP contribution in [0.25, 0.3) is 0 Å². The number of anilines is 3. The van der Waals surface area contributed by atoms with E-state index < -0.39 is 16.5 Å². The fraction of sp³-hybridized carbons (Fsp3) is 0.0556. The fourth-order valence-corrected chi connectivity index (χ4v) is 2.58. The minimum Gasteiger partial charge on any atom is -0.334 e. The number of nitrogens with one attached hydrogen (secondary N) is 3. The smallest absolute Gasteiger partial charge is 0.334 e. The second-order valence-corrected chi connectivity index (χ2v) is 6.14. The number of nitrogens with zero attached hydrogens (tertiary/aromatic N) is 3. The van der Waals surface area contributed by atoms with Crippen molar-refractivity contribution in [1.82, 2.24) is 15.4 Å². The van der Waals surface area contributed by atoms with Crippen molar-refractivity contribution in [3.8, 4) is 0 Å². The van der Waals surface area contributed by atoms with E-state index >= 15 is 0 Å². The van der Waals surface area contributed by atoms with Gasteiger partial charge in [0.1, 0.15) is 6.33 Å². The number of hydrogen-bond donors (Lipinski definition) is 3. The Morgan fingerprint density at radius 2 is 1.86 bits per heavy atom. The van der Waals surface area contributed by atoms with E-state index in [1.54, 1.807) is 30.3 Å². The van der Waals surface area contributed by atoms with Gasteiger partial charge in [0, 0.05) is 16.3 Å². The van der Waals surface area contributed by atoms with Gasteiger partial charge in [-0.3, -0.25) is 25.8 Å². The highest BCUT2D eigenvalue weighted by molar-refractivity contribution is 6.30. The van der Waals surface area contributed by atoms with E-state index in [9.17, 15) is 14.9 Å². The molecule has 0 bridgehead atoms. The number of nitro groups is 1. The van der Waals surface area contributed by atoms with Crippen molar-refractivity contribution in [2.75, 3.05) is 10.7 Å². The summed E-state index contributed by atoms with van der Waals surface area (Å²) < 4.78 is 0. The van der Waals surface area contributed by atoms with E-state index in [-0.39, 0.29) is 17.2 Å². The Morgan fingerprint density at radius 1 is 1.11 bits per heavy atom. The van der Waals surface area contributed by atoms with Crippen molar-refractivity contribution >= 4 is 40.5 Å². The summed E-state index contributed by atoms with van der Waals surface area (Å²) in [5, 5.41) is 14.9. The van der Waals surface area contributed by atoms with Gasteiger partial charge in [0.15, 0.2) is 0 Å². The van der Waals surface area contributed by atoms with Crippen LogP contribution in [0.15, 0.2) is 54.9 Å². The van der Waals surface area contributed by atoms with Gasteiger partial charge in [-0.1, -0.05) is 35.9 Å². The van der Waals surface area contributed by atoms with Crippen molar-refractivity contribution < 1.29 is 9.72 Å². The molecule has 10 heteroatoms. The number of rotatable bonds is 6. The molecule has 3 N–H and O–H groups in total. The van der Waals surface area contributed by atoms with E-state index in [0.717, 1.165) is 11.9 Å². The molecule has 3 aromatic rings. The van der Waals surface area contributed by atoms with Crippen molar-refractivity contribution in [2.45, 2.75) is 6.92 Å². The monoisotopic (exact) mass is 398 g/mol. The maximum absolute atomic E-state index is 12.2. The van der Waals surface area contributed by atoms with Crippen LogP contribution in [0.4, 0.5) is 23.0 Å². The van der Waals surface area contributed by atoms with E-state index in [1.165, 1.54) is 6.07 Å². The van der Waals surface area contributed by atoms with Gasteiger partial charge >= 0.3 is 5.69 Å². The summed E-state index contributed by atoms with van der Waals surface area (Å²) in [6.45, 7) is 1.86. The normalized spacial score (nSPS) is 10.2. The molecular weight excluding hydrogens is 384 g/mol. The molecule has 9 nitrogen and oxygen atoms in total. The van der Waals surface area contributed by atoms with Crippen LogP contribution in [0.1, 0.15) is 15.9 Å². The first-order valence-corrected chi connectivity index (χ1v) is 8.47. The average molecular weight is 399 g/mol. The molecule has 0 atom stereocenters. The summed E-state index contributed by atoms with van der Waals surface area (Å²) in [6.07, 6.45) is 1.15. The molecule has 0 radical (unpaired) electrons. The molecule has 3 rings (SSSR count). The molecule has 0 aliphatic heterocycles. The van der Waals surface area contributed by atoms with Crippen LogP contribution < -0.4 is 16.2 Å². The van der Waals surface area contributed by atoms with Crippen LogP contribution in [0.5, 0.6) is 0 Å². The van der Waals surface area contributed by atoms with Crippen LogP contribution in [0, 0.1) is 17.0 Å². The summed E-state index contributed by atoms with van der Waals surface area (Å²) in [5.41, 5.74) is 6.28. The van der Waals surface area contributed by atoms with Gasteiger partial charge in [0.05, 0.1) is 4.92 Å². The highest BCUT2D eigenvalue weighted by Gasteiger charge is 2.24. The Morgan fingerprint density at radius 3 is 2.57 bits per heavy atom. The molecule has 0 aliphatic carbocycles. The fourth-order valence-electron chi connectivity index (χ4n) is 2.39. The third kappa shape index (κ3) is 4.33. The Hall–Kier alpha value is -3.72. The maximum Gasteiger partial charge on any atom is 0.355 e. The molecule has 0 saturated heterocycles. The molecule has 0 unspecified atom stereocenters.